The Morgan fingerprint density at radius 3 is 2.35 bits per heavy atom. The summed E-state index contributed by atoms with van der Waals surface area (Å²) >= 11 is 0. The number of phenolic OH excluding ortho intramolecular Hbond substituents is 2. The minimum Gasteiger partial charge on any atom is -0.507 e. The van der Waals surface area contributed by atoms with E-state index in [9.17, 15) is 19.8 Å². The first kappa shape index (κ1) is 28.6. The van der Waals surface area contributed by atoms with Gasteiger partial charge in [0.2, 0.25) is 0 Å². The highest BCUT2D eigenvalue weighted by Gasteiger charge is 2.79. The number of Topliss-reactive ketones (excluding diaryl/α,β-unsaturated/α-hetero) is 2. The average Bonchev–Trinajstić information content (AvgIpc) is 3.17. The van der Waals surface area contributed by atoms with Crippen molar-refractivity contribution >= 4 is 11.6 Å². The van der Waals surface area contributed by atoms with Crippen molar-refractivity contribution in [1.29, 1.82) is 0 Å². The fourth-order valence-electron chi connectivity index (χ4n) is 7.45. The lowest BCUT2D eigenvalue weighted by Crippen LogP contribution is -2.74. The molecular weight excluding hydrogens is 506 g/mol. The van der Waals surface area contributed by atoms with Crippen LogP contribution in [0.1, 0.15) is 76.7 Å². The van der Waals surface area contributed by atoms with Crippen molar-refractivity contribution in [1.82, 2.24) is 4.90 Å². The third-order valence-corrected chi connectivity index (χ3v) is 9.19. The van der Waals surface area contributed by atoms with Crippen molar-refractivity contribution in [2.24, 2.45) is 17.8 Å². The molecule has 0 radical (unpaired) electrons. The van der Waals surface area contributed by atoms with Crippen LogP contribution in [0.4, 0.5) is 0 Å². The maximum atomic E-state index is 14.5. The minimum absolute atomic E-state index is 0.0353. The predicted molar refractivity (Wildman–Crippen MR) is 154 cm³/mol. The van der Waals surface area contributed by atoms with E-state index in [2.05, 4.69) is 18.7 Å². The molecule has 0 unspecified atom stereocenters. The van der Waals surface area contributed by atoms with Gasteiger partial charge in [0.15, 0.2) is 22.8 Å². The van der Waals surface area contributed by atoms with E-state index < -0.39 is 17.1 Å². The Balaban J connectivity index is 1.72. The molecule has 2 heterocycles. The van der Waals surface area contributed by atoms with Crippen LogP contribution in [0.15, 0.2) is 41.0 Å². The number of benzene rings is 1. The number of hydrogen-bond acceptors (Lipinski definition) is 7. The van der Waals surface area contributed by atoms with Crippen LogP contribution >= 0.6 is 0 Å². The molecule has 7 nitrogen and oxygen atoms in total. The quantitative estimate of drug-likeness (QED) is 0.370. The van der Waals surface area contributed by atoms with Crippen molar-refractivity contribution in [2.45, 2.75) is 78.4 Å². The van der Waals surface area contributed by atoms with Gasteiger partial charge in [-0.2, -0.15) is 0 Å². The molecule has 2 aliphatic heterocycles. The van der Waals surface area contributed by atoms with E-state index in [1.54, 1.807) is 0 Å². The lowest BCUT2D eigenvalue weighted by atomic mass is 9.49. The van der Waals surface area contributed by atoms with E-state index in [0.717, 1.165) is 43.6 Å². The Labute approximate surface area is 237 Å². The molecule has 1 aromatic rings. The van der Waals surface area contributed by atoms with Crippen molar-refractivity contribution in [3.05, 3.63) is 52.1 Å². The largest absolute Gasteiger partial charge is 0.507 e. The van der Waals surface area contributed by atoms with Crippen LogP contribution in [-0.2, 0) is 16.0 Å². The summed E-state index contributed by atoms with van der Waals surface area (Å²) in [6.07, 6.45) is 8.42. The number of phenols is 2. The van der Waals surface area contributed by atoms with Crippen molar-refractivity contribution in [3.63, 3.8) is 0 Å². The zero-order chi connectivity index (χ0) is 29.0. The number of fused-ring (bicyclic) bond motifs is 1. The zero-order valence-corrected chi connectivity index (χ0v) is 24.7. The normalized spacial score (nSPS) is 29.6. The monoisotopic (exact) mass is 549 g/mol. The Hall–Kier alpha value is -2.90. The maximum Gasteiger partial charge on any atom is 0.200 e. The van der Waals surface area contributed by atoms with E-state index in [1.807, 2.05) is 45.9 Å². The molecule has 0 amide bonds. The Morgan fingerprint density at radius 1 is 1.05 bits per heavy atom. The van der Waals surface area contributed by atoms with Gasteiger partial charge in [-0.25, -0.2) is 0 Å². The molecule has 5 aliphatic rings. The smallest absolute Gasteiger partial charge is 0.200 e. The summed E-state index contributed by atoms with van der Waals surface area (Å²) in [5, 5.41) is 21.8. The number of nitrogens with zero attached hydrogens (tertiary/aromatic N) is 1. The van der Waals surface area contributed by atoms with Gasteiger partial charge in [-0.15, -0.1) is 0 Å². The number of hydrogen-bond donors (Lipinski definition) is 2. The number of aromatic hydroxyl groups is 2. The highest BCUT2D eigenvalue weighted by atomic mass is 16.6. The van der Waals surface area contributed by atoms with Gasteiger partial charge in [-0.05, 0) is 66.0 Å². The number of rotatable bonds is 10. The summed E-state index contributed by atoms with van der Waals surface area (Å²) in [6, 6.07) is 1.22. The van der Waals surface area contributed by atoms with E-state index in [0.29, 0.717) is 30.6 Å². The summed E-state index contributed by atoms with van der Waals surface area (Å²) in [6.45, 7) is 15.1. The topological polar surface area (TPSA) is 96.3 Å². The van der Waals surface area contributed by atoms with E-state index in [-0.39, 0.29) is 46.2 Å². The molecule has 3 aliphatic carbocycles. The summed E-state index contributed by atoms with van der Waals surface area (Å²) < 4.78 is 13.5. The van der Waals surface area contributed by atoms with Gasteiger partial charge in [-0.1, -0.05) is 43.2 Å². The lowest BCUT2D eigenvalue weighted by Gasteiger charge is -2.59. The number of allylic oxidation sites excluding steroid dienone is 4. The zero-order valence-electron chi connectivity index (χ0n) is 24.7. The minimum atomic E-state index is -1.34. The van der Waals surface area contributed by atoms with Gasteiger partial charge in [0.1, 0.15) is 22.8 Å². The van der Waals surface area contributed by atoms with Crippen molar-refractivity contribution in [2.75, 3.05) is 26.2 Å². The summed E-state index contributed by atoms with van der Waals surface area (Å²) in [5.41, 5.74) is 0.324. The second-order valence-corrected chi connectivity index (χ2v) is 12.4. The molecule has 1 saturated carbocycles. The molecule has 1 aromatic carbocycles. The van der Waals surface area contributed by atoms with Crippen LogP contribution in [0, 0.1) is 17.8 Å². The Kier molecular flexibility index (Phi) is 7.51. The molecule has 1 saturated heterocycles. The molecule has 2 fully saturated rings. The van der Waals surface area contributed by atoms with Gasteiger partial charge in [0.25, 0.3) is 0 Å². The molecular formula is C33H43NO6. The molecule has 1 spiro atoms. The van der Waals surface area contributed by atoms with Crippen molar-refractivity contribution < 1.29 is 29.3 Å². The van der Waals surface area contributed by atoms with Crippen LogP contribution < -0.4 is 4.74 Å². The van der Waals surface area contributed by atoms with Gasteiger partial charge in [0, 0.05) is 42.0 Å². The lowest BCUT2D eigenvalue weighted by molar-refractivity contribution is -0.171. The standard InChI is InChI=1S/C33H43NO6/c1-7-13-34(14-8-2)17-23-22-15-24-29(37)28-27(36)16-26(35)21(10-9-19(3)4)30(28)40-33(24)25(23)18-39-32(33,31(22)38)12-11-20(5)6/h9,11,15-16,22-23,25,35-36H,7-8,10,12-14,17-18H2,1-6H3/t22-,23+,25-,32+,33-/m1/s1. The first-order valence-electron chi connectivity index (χ1n) is 14.7. The fourth-order valence-corrected chi connectivity index (χ4v) is 7.45. The maximum absolute atomic E-state index is 14.5. The summed E-state index contributed by atoms with van der Waals surface area (Å²) in [5.74, 6) is -1.43. The fraction of sp³-hybridized carbons (Fsp3) is 0.576. The van der Waals surface area contributed by atoms with Crippen LogP contribution in [0.2, 0.25) is 0 Å². The molecule has 5 atom stereocenters. The summed E-state index contributed by atoms with van der Waals surface area (Å²) in [4.78, 5) is 31.2. The molecule has 7 heteroatoms. The highest BCUT2D eigenvalue weighted by Crippen LogP contribution is 2.65. The van der Waals surface area contributed by atoms with Crippen molar-refractivity contribution in [3.8, 4) is 17.2 Å². The Bertz CT molecular complexity index is 1310. The second kappa shape index (κ2) is 10.5. The number of carbonyl (C=O) groups excluding carboxylic acids is 2. The van der Waals surface area contributed by atoms with Crippen LogP contribution in [0.3, 0.4) is 0 Å². The molecule has 2 N–H and O–H groups in total. The van der Waals surface area contributed by atoms with Crippen LogP contribution in [0.5, 0.6) is 17.2 Å². The predicted octanol–water partition coefficient (Wildman–Crippen LogP) is 5.54. The van der Waals surface area contributed by atoms with E-state index in [4.69, 9.17) is 9.47 Å². The van der Waals surface area contributed by atoms with Gasteiger partial charge in [0.05, 0.1) is 6.61 Å². The van der Waals surface area contributed by atoms with Gasteiger partial charge in [-0.3, -0.25) is 9.59 Å². The van der Waals surface area contributed by atoms with Gasteiger partial charge < -0.3 is 24.6 Å². The molecule has 6 rings (SSSR count). The number of ether oxygens (including phenoxy) is 2. The molecule has 216 valence electrons. The van der Waals surface area contributed by atoms with Crippen LogP contribution in [-0.4, -0.2) is 64.1 Å². The second-order valence-electron chi connectivity index (χ2n) is 12.4. The molecule has 4 bridgehead atoms. The van der Waals surface area contributed by atoms with E-state index in [1.165, 1.54) is 6.07 Å². The first-order valence-corrected chi connectivity index (χ1v) is 14.7. The SMILES string of the molecule is CCCN(CCC)C[C@@H]1[C@H]2CO[C@@]3(CC=C(C)C)C(=O)[C@@H]1C=C1C(=O)c4c(O)cc(O)c(CC=C(C)C)c4O[C@]123. The number of ketones is 2. The third kappa shape index (κ3) is 4.07. The molecule has 0 aromatic heterocycles. The number of carbonyl (C=O) groups is 2. The third-order valence-electron chi connectivity index (χ3n) is 9.19. The van der Waals surface area contributed by atoms with Gasteiger partial charge >= 0.3 is 0 Å². The van der Waals surface area contributed by atoms with Crippen LogP contribution in [0.25, 0.3) is 0 Å². The molecule has 40 heavy (non-hydrogen) atoms. The average molecular weight is 550 g/mol. The Morgan fingerprint density at radius 2 is 1.73 bits per heavy atom. The summed E-state index contributed by atoms with van der Waals surface area (Å²) in [7, 11) is 0. The highest BCUT2D eigenvalue weighted by molar-refractivity contribution is 6.18. The first-order chi connectivity index (χ1) is 19.0. The van der Waals surface area contributed by atoms with E-state index >= 15 is 0 Å².